The summed E-state index contributed by atoms with van der Waals surface area (Å²) in [5, 5.41) is 0. The lowest BCUT2D eigenvalue weighted by Gasteiger charge is -1.94. The van der Waals surface area contributed by atoms with Gasteiger partial charge in [0, 0.05) is 16.9 Å². The maximum Gasteiger partial charge on any atom is 0.296 e. The van der Waals surface area contributed by atoms with Gasteiger partial charge < -0.3 is 0 Å². The first kappa shape index (κ1) is 8.63. The molecule has 0 aromatic carbocycles. The minimum atomic E-state index is -4.12. The molecule has 1 aromatic heterocycles. The summed E-state index contributed by atoms with van der Waals surface area (Å²) in [6, 6.07) is 1.27. The van der Waals surface area contributed by atoms with E-state index in [-0.39, 0.29) is 4.90 Å². The van der Waals surface area contributed by atoms with Gasteiger partial charge >= 0.3 is 0 Å². The van der Waals surface area contributed by atoms with Crippen molar-refractivity contribution >= 4 is 26.0 Å². The number of hydrogen-bond donors (Lipinski definition) is 1. The summed E-state index contributed by atoms with van der Waals surface area (Å²) in [5.74, 6) is 0. The molecule has 4 nitrogen and oxygen atoms in total. The van der Waals surface area contributed by atoms with Crippen molar-refractivity contribution < 1.29 is 13.0 Å². The predicted molar refractivity (Wildman–Crippen MR) is 41.8 cm³/mol. The minimum Gasteiger partial charge on any atom is -0.282 e. The van der Waals surface area contributed by atoms with Crippen molar-refractivity contribution in [2.24, 2.45) is 0 Å². The first-order chi connectivity index (χ1) is 5.00. The van der Waals surface area contributed by atoms with Crippen LogP contribution in [0.3, 0.4) is 0 Å². The number of halogens is 1. The van der Waals surface area contributed by atoms with Crippen molar-refractivity contribution in [3.05, 3.63) is 22.9 Å². The number of aromatic nitrogens is 1. The Morgan fingerprint density at radius 2 is 2.09 bits per heavy atom. The van der Waals surface area contributed by atoms with Crippen molar-refractivity contribution in [3.8, 4) is 0 Å². The average molecular weight is 238 g/mol. The van der Waals surface area contributed by atoms with Crippen LogP contribution < -0.4 is 0 Å². The highest BCUT2D eigenvalue weighted by Gasteiger charge is 2.08. The van der Waals surface area contributed by atoms with Crippen molar-refractivity contribution in [1.29, 1.82) is 0 Å². The van der Waals surface area contributed by atoms with E-state index in [1.807, 2.05) is 0 Å². The maximum absolute atomic E-state index is 10.5. The molecule has 0 amide bonds. The molecule has 0 radical (unpaired) electrons. The highest BCUT2D eigenvalue weighted by atomic mass is 79.9. The molecule has 0 bridgehead atoms. The zero-order chi connectivity index (χ0) is 8.48. The largest absolute Gasteiger partial charge is 0.296 e. The summed E-state index contributed by atoms with van der Waals surface area (Å²) in [6.07, 6.45) is 2.49. The molecule has 1 rings (SSSR count). The van der Waals surface area contributed by atoms with E-state index in [0.717, 1.165) is 6.20 Å². The standard InChI is InChI=1S/C5H4BrNO3S/c6-4-1-5(3-7-2-4)11(8,9)10/h1-3H,(H,8,9,10). The van der Waals surface area contributed by atoms with Gasteiger partial charge in [0.25, 0.3) is 10.1 Å². The molecule has 0 aliphatic heterocycles. The topological polar surface area (TPSA) is 67.3 Å². The fraction of sp³-hybridized carbons (Fsp3) is 0. The maximum atomic E-state index is 10.5. The SMILES string of the molecule is O=S(=O)(O)c1cncc(Br)c1. The van der Waals surface area contributed by atoms with Crippen LogP contribution in [0.5, 0.6) is 0 Å². The Kier molecular flexibility index (Phi) is 2.26. The molecule has 0 unspecified atom stereocenters. The highest BCUT2D eigenvalue weighted by molar-refractivity contribution is 9.10. The molecular weight excluding hydrogens is 234 g/mol. The Hall–Kier alpha value is -0.460. The minimum absolute atomic E-state index is 0.216. The van der Waals surface area contributed by atoms with E-state index in [9.17, 15) is 8.42 Å². The number of pyridine rings is 1. The van der Waals surface area contributed by atoms with Crippen molar-refractivity contribution in [2.45, 2.75) is 4.90 Å². The van der Waals surface area contributed by atoms with E-state index in [4.69, 9.17) is 4.55 Å². The first-order valence-electron chi connectivity index (χ1n) is 2.58. The Balaban J connectivity index is 3.28. The summed E-state index contributed by atoms with van der Waals surface area (Å²) >= 11 is 3.02. The van der Waals surface area contributed by atoms with Gasteiger partial charge in [-0.25, -0.2) is 0 Å². The van der Waals surface area contributed by atoms with Crippen LogP contribution in [0.2, 0.25) is 0 Å². The lowest BCUT2D eigenvalue weighted by Crippen LogP contribution is -1.97. The fourth-order valence-electron chi connectivity index (χ4n) is 0.533. The van der Waals surface area contributed by atoms with Gasteiger partial charge in [-0.05, 0) is 22.0 Å². The van der Waals surface area contributed by atoms with E-state index in [1.54, 1.807) is 0 Å². The molecule has 0 spiro atoms. The van der Waals surface area contributed by atoms with Crippen molar-refractivity contribution in [2.75, 3.05) is 0 Å². The predicted octanol–water partition coefficient (Wildman–Crippen LogP) is 1.09. The van der Waals surface area contributed by atoms with Gasteiger partial charge in [0.1, 0.15) is 4.90 Å². The van der Waals surface area contributed by atoms with Gasteiger partial charge in [0.2, 0.25) is 0 Å². The zero-order valence-electron chi connectivity index (χ0n) is 5.23. The summed E-state index contributed by atoms with van der Waals surface area (Å²) in [6.45, 7) is 0. The van der Waals surface area contributed by atoms with Crippen LogP contribution in [0, 0.1) is 0 Å². The van der Waals surface area contributed by atoms with Gasteiger partial charge in [-0.1, -0.05) is 0 Å². The summed E-state index contributed by atoms with van der Waals surface area (Å²) in [4.78, 5) is 3.35. The van der Waals surface area contributed by atoms with Crippen LogP contribution in [0.1, 0.15) is 0 Å². The van der Waals surface area contributed by atoms with Crippen LogP contribution in [0.4, 0.5) is 0 Å². The Bertz CT molecular complexity index is 362. The Morgan fingerprint density at radius 1 is 1.45 bits per heavy atom. The average Bonchev–Trinajstić information content (AvgIpc) is 1.86. The molecule has 1 aromatic rings. The molecule has 6 heteroatoms. The molecule has 60 valence electrons. The molecule has 0 aliphatic carbocycles. The van der Waals surface area contributed by atoms with Crippen molar-refractivity contribution in [3.63, 3.8) is 0 Å². The second-order valence-electron chi connectivity index (χ2n) is 1.81. The van der Waals surface area contributed by atoms with Gasteiger partial charge in [0.15, 0.2) is 0 Å². The molecule has 0 atom stereocenters. The first-order valence-corrected chi connectivity index (χ1v) is 4.81. The molecular formula is C5H4BrNO3S. The molecule has 1 heterocycles. The molecule has 0 fully saturated rings. The monoisotopic (exact) mass is 237 g/mol. The summed E-state index contributed by atoms with van der Waals surface area (Å²) < 4.78 is 30.0. The Morgan fingerprint density at radius 3 is 2.45 bits per heavy atom. The Labute approximate surface area is 72.1 Å². The van der Waals surface area contributed by atoms with Gasteiger partial charge in [-0.3, -0.25) is 9.54 Å². The van der Waals surface area contributed by atoms with E-state index in [0.29, 0.717) is 4.47 Å². The van der Waals surface area contributed by atoms with E-state index in [2.05, 4.69) is 20.9 Å². The van der Waals surface area contributed by atoms with E-state index < -0.39 is 10.1 Å². The van der Waals surface area contributed by atoms with Crippen LogP contribution in [-0.2, 0) is 10.1 Å². The number of hydrogen-bond acceptors (Lipinski definition) is 3. The second-order valence-corrected chi connectivity index (χ2v) is 4.15. The van der Waals surface area contributed by atoms with Crippen molar-refractivity contribution in [1.82, 2.24) is 4.98 Å². The highest BCUT2D eigenvalue weighted by Crippen LogP contribution is 2.13. The second kappa shape index (κ2) is 2.88. The lowest BCUT2D eigenvalue weighted by atomic mass is 10.5. The van der Waals surface area contributed by atoms with Crippen LogP contribution >= 0.6 is 15.9 Å². The summed E-state index contributed by atoms with van der Waals surface area (Å²) in [5.41, 5.74) is 0. The molecule has 11 heavy (non-hydrogen) atoms. The quantitative estimate of drug-likeness (QED) is 0.743. The van der Waals surface area contributed by atoms with Crippen LogP contribution in [0.25, 0.3) is 0 Å². The summed E-state index contributed by atoms with van der Waals surface area (Å²) in [7, 11) is -4.12. The zero-order valence-corrected chi connectivity index (χ0v) is 7.63. The fourth-order valence-corrected chi connectivity index (χ4v) is 1.52. The third kappa shape index (κ3) is 2.25. The molecule has 0 saturated carbocycles. The number of nitrogens with zero attached hydrogens (tertiary/aromatic N) is 1. The van der Waals surface area contributed by atoms with Crippen LogP contribution in [0.15, 0.2) is 27.8 Å². The van der Waals surface area contributed by atoms with Gasteiger partial charge in [-0.2, -0.15) is 8.42 Å². The third-order valence-electron chi connectivity index (χ3n) is 0.978. The third-order valence-corrected chi connectivity index (χ3v) is 2.23. The van der Waals surface area contributed by atoms with E-state index >= 15 is 0 Å². The smallest absolute Gasteiger partial charge is 0.282 e. The normalized spacial score (nSPS) is 11.5. The van der Waals surface area contributed by atoms with E-state index in [1.165, 1.54) is 12.3 Å². The number of rotatable bonds is 1. The van der Waals surface area contributed by atoms with Crippen LogP contribution in [-0.4, -0.2) is 18.0 Å². The van der Waals surface area contributed by atoms with Gasteiger partial charge in [0.05, 0.1) is 0 Å². The van der Waals surface area contributed by atoms with Gasteiger partial charge in [-0.15, -0.1) is 0 Å². The molecule has 0 saturated heterocycles. The molecule has 1 N–H and O–H groups in total. The molecule has 0 aliphatic rings. The lowest BCUT2D eigenvalue weighted by molar-refractivity contribution is 0.482.